The predicted octanol–water partition coefficient (Wildman–Crippen LogP) is 2.10. The van der Waals surface area contributed by atoms with Gasteiger partial charge in [0, 0.05) is 12.1 Å². The Morgan fingerprint density at radius 2 is 1.86 bits per heavy atom. The van der Waals surface area contributed by atoms with Gasteiger partial charge in [0.1, 0.15) is 18.2 Å². The summed E-state index contributed by atoms with van der Waals surface area (Å²) in [7, 11) is 0. The van der Waals surface area contributed by atoms with Crippen LogP contribution in [0.15, 0.2) is 54.7 Å². The van der Waals surface area contributed by atoms with Gasteiger partial charge in [-0.2, -0.15) is 0 Å². The third kappa shape index (κ3) is 4.48. The van der Waals surface area contributed by atoms with E-state index < -0.39 is 0 Å². The molecular formula is C21H25N5O2. The molecule has 3 aromatic rings. The number of hydrogen-bond donors (Lipinski definition) is 1. The Hall–Kier alpha value is -2.93. The molecule has 0 saturated carbocycles. The van der Waals surface area contributed by atoms with Gasteiger partial charge in [0.2, 0.25) is 5.91 Å². The summed E-state index contributed by atoms with van der Waals surface area (Å²) in [6.07, 6.45) is 3.99. The summed E-state index contributed by atoms with van der Waals surface area (Å²) in [6.45, 7) is 3.19. The maximum absolute atomic E-state index is 12.2. The van der Waals surface area contributed by atoms with E-state index in [1.165, 1.54) is 0 Å². The minimum atomic E-state index is 0.0445. The zero-order valence-electron chi connectivity index (χ0n) is 15.8. The lowest BCUT2D eigenvalue weighted by Crippen LogP contribution is -2.42. The summed E-state index contributed by atoms with van der Waals surface area (Å²) >= 11 is 0. The summed E-state index contributed by atoms with van der Waals surface area (Å²) in [5.41, 5.74) is 0.886. The fourth-order valence-electron chi connectivity index (χ4n) is 3.62. The summed E-state index contributed by atoms with van der Waals surface area (Å²) in [6, 6.07) is 15.6. The van der Waals surface area contributed by atoms with E-state index in [9.17, 15) is 4.79 Å². The van der Waals surface area contributed by atoms with E-state index in [1.54, 1.807) is 0 Å². The third-order valence-electron chi connectivity index (χ3n) is 5.10. The van der Waals surface area contributed by atoms with Crippen molar-refractivity contribution in [2.75, 3.05) is 32.8 Å². The maximum atomic E-state index is 12.2. The van der Waals surface area contributed by atoms with Crippen LogP contribution in [-0.4, -0.2) is 58.2 Å². The van der Waals surface area contributed by atoms with E-state index in [4.69, 9.17) is 4.74 Å². The first kappa shape index (κ1) is 18.4. The van der Waals surface area contributed by atoms with Gasteiger partial charge < -0.3 is 10.1 Å². The standard InChI is InChI=1S/C21H25N5O2/c27-20(22-11-15-28-18-6-2-1-3-7-18)16-25-13-9-17(10-14-25)21-24-23-19-8-4-5-12-26(19)21/h1-8,12,17H,9-11,13-16H2,(H,22,27). The van der Waals surface area contributed by atoms with Crippen molar-refractivity contribution in [1.82, 2.24) is 24.8 Å². The molecule has 1 aromatic carbocycles. The Bertz CT molecular complexity index is 903. The molecule has 7 nitrogen and oxygen atoms in total. The van der Waals surface area contributed by atoms with Crippen LogP contribution < -0.4 is 10.1 Å². The van der Waals surface area contributed by atoms with E-state index in [1.807, 2.05) is 54.7 Å². The Morgan fingerprint density at radius 1 is 1.07 bits per heavy atom. The van der Waals surface area contributed by atoms with Gasteiger partial charge in [0.25, 0.3) is 0 Å². The van der Waals surface area contributed by atoms with Gasteiger partial charge in [0.15, 0.2) is 5.65 Å². The summed E-state index contributed by atoms with van der Waals surface area (Å²) in [5.74, 6) is 2.27. The number of ether oxygens (including phenoxy) is 1. The van der Waals surface area contributed by atoms with Crippen molar-refractivity contribution < 1.29 is 9.53 Å². The number of likely N-dealkylation sites (tertiary alicyclic amines) is 1. The fourth-order valence-corrected chi connectivity index (χ4v) is 3.62. The molecule has 3 heterocycles. The lowest BCUT2D eigenvalue weighted by molar-refractivity contribution is -0.122. The number of rotatable bonds is 7. The number of aromatic nitrogens is 3. The number of pyridine rings is 1. The van der Waals surface area contributed by atoms with Crippen molar-refractivity contribution in [3.63, 3.8) is 0 Å². The van der Waals surface area contributed by atoms with Crippen LogP contribution in [0, 0.1) is 0 Å². The van der Waals surface area contributed by atoms with Crippen molar-refractivity contribution in [3.05, 3.63) is 60.6 Å². The van der Waals surface area contributed by atoms with E-state index in [2.05, 4.69) is 24.8 Å². The zero-order chi connectivity index (χ0) is 19.2. The first-order chi connectivity index (χ1) is 13.8. The lowest BCUT2D eigenvalue weighted by Gasteiger charge is -2.30. The Morgan fingerprint density at radius 3 is 2.68 bits per heavy atom. The second-order valence-electron chi connectivity index (χ2n) is 7.05. The van der Waals surface area contributed by atoms with Crippen molar-refractivity contribution >= 4 is 11.6 Å². The highest BCUT2D eigenvalue weighted by molar-refractivity contribution is 5.78. The number of para-hydroxylation sites is 1. The van der Waals surface area contributed by atoms with Gasteiger partial charge >= 0.3 is 0 Å². The van der Waals surface area contributed by atoms with Gasteiger partial charge in [-0.25, -0.2) is 0 Å². The Kier molecular flexibility index (Phi) is 5.82. The van der Waals surface area contributed by atoms with E-state index in [-0.39, 0.29) is 5.91 Å². The molecule has 1 amide bonds. The number of piperidine rings is 1. The molecule has 1 aliphatic rings. The third-order valence-corrected chi connectivity index (χ3v) is 5.10. The molecule has 4 rings (SSSR count). The summed E-state index contributed by atoms with van der Waals surface area (Å²) in [4.78, 5) is 14.4. The number of fused-ring (bicyclic) bond motifs is 1. The topological polar surface area (TPSA) is 71.8 Å². The highest BCUT2D eigenvalue weighted by Crippen LogP contribution is 2.26. The number of nitrogens with zero attached hydrogens (tertiary/aromatic N) is 4. The van der Waals surface area contributed by atoms with Gasteiger partial charge in [-0.15, -0.1) is 10.2 Å². The lowest BCUT2D eigenvalue weighted by atomic mass is 9.96. The molecule has 28 heavy (non-hydrogen) atoms. The molecule has 0 bridgehead atoms. The van der Waals surface area contributed by atoms with Crippen molar-refractivity contribution in [2.24, 2.45) is 0 Å². The second-order valence-corrected chi connectivity index (χ2v) is 7.05. The molecule has 2 aromatic heterocycles. The highest BCUT2D eigenvalue weighted by atomic mass is 16.5. The number of amides is 1. The second kappa shape index (κ2) is 8.84. The number of carbonyl (C=O) groups is 1. The first-order valence-electron chi connectivity index (χ1n) is 9.76. The Balaban J connectivity index is 1.18. The SMILES string of the molecule is O=C(CN1CCC(c2nnc3ccccn23)CC1)NCCOc1ccccc1. The van der Waals surface area contributed by atoms with Crippen molar-refractivity contribution in [2.45, 2.75) is 18.8 Å². The smallest absolute Gasteiger partial charge is 0.234 e. The molecule has 0 radical (unpaired) electrons. The quantitative estimate of drug-likeness (QED) is 0.637. The van der Waals surface area contributed by atoms with Crippen LogP contribution in [0.25, 0.3) is 5.65 Å². The highest BCUT2D eigenvalue weighted by Gasteiger charge is 2.25. The van der Waals surface area contributed by atoms with Crippen LogP contribution in [0.3, 0.4) is 0 Å². The molecule has 0 aliphatic carbocycles. The zero-order valence-corrected chi connectivity index (χ0v) is 15.8. The van der Waals surface area contributed by atoms with Crippen LogP contribution in [0.2, 0.25) is 0 Å². The van der Waals surface area contributed by atoms with Gasteiger partial charge in [-0.3, -0.25) is 14.1 Å². The number of nitrogens with one attached hydrogen (secondary N) is 1. The van der Waals surface area contributed by atoms with Crippen LogP contribution in [0.1, 0.15) is 24.6 Å². The number of hydrogen-bond acceptors (Lipinski definition) is 5. The molecule has 0 spiro atoms. The average Bonchev–Trinajstić information content (AvgIpc) is 3.17. The van der Waals surface area contributed by atoms with Crippen LogP contribution in [-0.2, 0) is 4.79 Å². The molecular weight excluding hydrogens is 354 g/mol. The van der Waals surface area contributed by atoms with E-state index in [0.717, 1.165) is 43.2 Å². The van der Waals surface area contributed by atoms with Crippen LogP contribution >= 0.6 is 0 Å². The van der Waals surface area contributed by atoms with Gasteiger partial charge in [0.05, 0.1) is 13.1 Å². The summed E-state index contributed by atoms with van der Waals surface area (Å²) < 4.78 is 7.66. The first-order valence-corrected chi connectivity index (χ1v) is 9.76. The van der Waals surface area contributed by atoms with E-state index in [0.29, 0.717) is 25.6 Å². The van der Waals surface area contributed by atoms with Gasteiger partial charge in [-0.05, 0) is 50.2 Å². The molecule has 1 N–H and O–H groups in total. The van der Waals surface area contributed by atoms with Gasteiger partial charge in [-0.1, -0.05) is 24.3 Å². The van der Waals surface area contributed by atoms with Crippen LogP contribution in [0.5, 0.6) is 5.75 Å². The normalized spacial score (nSPS) is 15.6. The molecule has 0 unspecified atom stereocenters. The largest absolute Gasteiger partial charge is 0.492 e. The van der Waals surface area contributed by atoms with E-state index >= 15 is 0 Å². The minimum absolute atomic E-state index is 0.0445. The molecule has 146 valence electrons. The summed E-state index contributed by atoms with van der Waals surface area (Å²) in [5, 5.41) is 11.6. The molecule has 7 heteroatoms. The monoisotopic (exact) mass is 379 g/mol. The number of carbonyl (C=O) groups excluding carboxylic acids is 1. The van der Waals surface area contributed by atoms with Crippen LogP contribution in [0.4, 0.5) is 0 Å². The van der Waals surface area contributed by atoms with Crippen molar-refractivity contribution in [1.29, 1.82) is 0 Å². The maximum Gasteiger partial charge on any atom is 0.234 e. The molecule has 1 saturated heterocycles. The molecule has 1 fully saturated rings. The predicted molar refractivity (Wildman–Crippen MR) is 106 cm³/mol. The average molecular weight is 379 g/mol. The molecule has 1 aliphatic heterocycles. The Labute approximate surface area is 164 Å². The van der Waals surface area contributed by atoms with Crippen molar-refractivity contribution in [3.8, 4) is 5.75 Å². The molecule has 0 atom stereocenters. The number of benzene rings is 1. The fraction of sp³-hybridized carbons (Fsp3) is 0.381. The minimum Gasteiger partial charge on any atom is -0.492 e.